The number of amides is 2. The Bertz CT molecular complexity index is 1050. The number of allylic oxidation sites excluding steroid dienone is 1. The molecule has 2 atom stereocenters. The summed E-state index contributed by atoms with van der Waals surface area (Å²) < 4.78 is 9.06. The second kappa shape index (κ2) is 9.70. The smallest absolute Gasteiger partial charge is 0.352 e. The van der Waals surface area contributed by atoms with Crippen LogP contribution in [0.4, 0.5) is 0 Å². The number of nitrogens with one attached hydrogen (secondary N) is 1. The van der Waals surface area contributed by atoms with Gasteiger partial charge in [-0.1, -0.05) is 17.8 Å². The summed E-state index contributed by atoms with van der Waals surface area (Å²) in [6, 6.07) is -0.988. The molecule has 1 saturated heterocycles. The van der Waals surface area contributed by atoms with Crippen molar-refractivity contribution in [3.63, 3.8) is 0 Å². The van der Waals surface area contributed by atoms with E-state index in [9.17, 15) is 24.3 Å². The number of carboxylic acid groups (broad SMARTS) is 1. The van der Waals surface area contributed by atoms with E-state index in [-0.39, 0.29) is 17.2 Å². The van der Waals surface area contributed by atoms with Crippen LogP contribution >= 0.6 is 23.3 Å². The van der Waals surface area contributed by atoms with E-state index in [4.69, 9.17) is 9.57 Å². The van der Waals surface area contributed by atoms with E-state index in [2.05, 4.69) is 26.4 Å². The minimum atomic E-state index is -1.25. The minimum Gasteiger partial charge on any atom is -0.477 e. The van der Waals surface area contributed by atoms with Crippen LogP contribution < -0.4 is 5.32 Å². The lowest BCUT2D eigenvalue weighted by molar-refractivity contribution is -0.160. The van der Waals surface area contributed by atoms with Gasteiger partial charge in [0, 0.05) is 5.75 Å². The summed E-state index contributed by atoms with van der Waals surface area (Å²) in [7, 11) is 0. The third-order valence-electron chi connectivity index (χ3n) is 4.28. The molecule has 0 spiro atoms. The zero-order valence-corrected chi connectivity index (χ0v) is 19.6. The van der Waals surface area contributed by atoms with Crippen molar-refractivity contribution in [2.75, 3.05) is 12.4 Å². The predicted molar refractivity (Wildman–Crippen MR) is 118 cm³/mol. The molecular formula is C19H21N5O7S2. The Kier molecular flexibility index (Phi) is 7.17. The molecule has 0 radical (unpaired) electrons. The van der Waals surface area contributed by atoms with Crippen LogP contribution in [0.1, 0.15) is 26.6 Å². The molecule has 1 unspecified atom stereocenters. The predicted octanol–water partition coefficient (Wildman–Crippen LogP) is 0.525. The highest BCUT2D eigenvalue weighted by Gasteiger charge is 2.54. The molecule has 2 aliphatic rings. The van der Waals surface area contributed by atoms with Gasteiger partial charge in [0.05, 0.1) is 0 Å². The Hall–Kier alpha value is -3.26. The maximum Gasteiger partial charge on any atom is 0.352 e. The molecule has 14 heteroatoms. The molecule has 33 heavy (non-hydrogen) atoms. The largest absolute Gasteiger partial charge is 0.477 e. The molecule has 2 N–H and O–H groups in total. The maximum absolute atomic E-state index is 12.9. The Balaban J connectivity index is 1.72. The fraction of sp³-hybridized carbons (Fsp3) is 0.421. The number of esters is 1. The van der Waals surface area contributed by atoms with Gasteiger partial charge in [0.25, 0.3) is 11.8 Å². The number of hydrogen-bond acceptors (Lipinski definition) is 11. The summed E-state index contributed by atoms with van der Waals surface area (Å²) >= 11 is 2.26. The summed E-state index contributed by atoms with van der Waals surface area (Å²) in [6.07, 6.45) is 1.40. The second-order valence-electron chi connectivity index (χ2n) is 7.80. The van der Waals surface area contributed by atoms with Gasteiger partial charge in [-0.15, -0.1) is 11.8 Å². The third kappa shape index (κ3) is 5.39. The fourth-order valence-electron chi connectivity index (χ4n) is 2.99. The molecule has 1 fully saturated rings. The van der Waals surface area contributed by atoms with E-state index >= 15 is 0 Å². The lowest BCUT2D eigenvalue weighted by Crippen LogP contribution is -2.71. The van der Waals surface area contributed by atoms with E-state index in [0.717, 1.165) is 16.4 Å². The number of aliphatic carboxylic acids is 1. The first-order chi connectivity index (χ1) is 15.5. The number of β-lactam (4-membered cyclic amide) rings is 1. The topological polar surface area (TPSA) is 160 Å². The number of carbonyl (C=O) groups is 4. The molecule has 3 rings (SSSR count). The zero-order chi connectivity index (χ0) is 24.3. The van der Waals surface area contributed by atoms with Crippen LogP contribution in [0.2, 0.25) is 0 Å². The molecule has 0 saturated carbocycles. The highest BCUT2D eigenvalue weighted by atomic mass is 32.2. The first-order valence-electron chi connectivity index (χ1n) is 9.56. The molecule has 2 aliphatic heterocycles. The quantitative estimate of drug-likeness (QED) is 0.225. The summed E-state index contributed by atoms with van der Waals surface area (Å²) in [5.74, 6) is -3.07. The Labute approximate surface area is 196 Å². The van der Waals surface area contributed by atoms with Crippen molar-refractivity contribution in [3.8, 4) is 0 Å². The van der Waals surface area contributed by atoms with Crippen molar-refractivity contribution < 1.29 is 33.9 Å². The number of rotatable bonds is 8. The zero-order valence-electron chi connectivity index (χ0n) is 17.9. The Morgan fingerprint density at radius 3 is 2.73 bits per heavy atom. The van der Waals surface area contributed by atoms with Crippen molar-refractivity contribution in [3.05, 3.63) is 35.3 Å². The molecular weight excluding hydrogens is 474 g/mol. The number of aromatic nitrogens is 2. The van der Waals surface area contributed by atoms with Crippen molar-refractivity contribution in [1.82, 2.24) is 19.6 Å². The molecule has 0 bridgehead atoms. The molecule has 1 aromatic rings. The monoisotopic (exact) mass is 495 g/mol. The van der Waals surface area contributed by atoms with E-state index in [1.165, 1.54) is 23.3 Å². The number of hydrogen-bond donors (Lipinski definition) is 2. The van der Waals surface area contributed by atoms with Gasteiger partial charge in [0.2, 0.25) is 18.1 Å². The molecule has 176 valence electrons. The van der Waals surface area contributed by atoms with Crippen molar-refractivity contribution in [2.45, 2.75) is 37.8 Å². The van der Waals surface area contributed by atoms with Crippen LogP contribution in [0.25, 0.3) is 0 Å². The van der Waals surface area contributed by atoms with E-state index in [1.54, 1.807) is 20.8 Å². The highest BCUT2D eigenvalue weighted by molar-refractivity contribution is 8.00. The summed E-state index contributed by atoms with van der Waals surface area (Å²) in [4.78, 5) is 59.0. The van der Waals surface area contributed by atoms with Gasteiger partial charge >= 0.3 is 11.9 Å². The molecule has 12 nitrogen and oxygen atoms in total. The van der Waals surface area contributed by atoms with E-state index in [1.807, 2.05) is 0 Å². The van der Waals surface area contributed by atoms with E-state index in [0.29, 0.717) is 11.3 Å². The second-order valence-corrected chi connectivity index (χ2v) is 9.51. The van der Waals surface area contributed by atoms with Crippen LogP contribution in [-0.4, -0.2) is 78.2 Å². The lowest BCUT2D eigenvalue weighted by Gasteiger charge is -2.49. The van der Waals surface area contributed by atoms with E-state index < -0.39 is 47.4 Å². The Morgan fingerprint density at radius 2 is 2.15 bits per heavy atom. The normalized spacial score (nSPS) is 20.5. The number of carbonyl (C=O) groups excluding carboxylic acids is 3. The Morgan fingerprint density at radius 1 is 1.42 bits per heavy atom. The number of oxime groups is 1. The lowest BCUT2D eigenvalue weighted by atomic mass is 10.0. The fourth-order valence-corrected chi connectivity index (χ4v) is 4.76. The number of carboxylic acids is 1. The number of nitrogens with zero attached hydrogens (tertiary/aromatic N) is 4. The van der Waals surface area contributed by atoms with Crippen LogP contribution in [0.5, 0.6) is 0 Å². The number of ether oxygens (including phenoxy) is 1. The standard InChI is InChI=1S/C19H21N5O7S2/c1-5-9-7-32-17-12(16(27)24(17)13(9)18(28)29)21-15(26)11(14-20-8-33-23-14)22-30-6-10(25)31-19(2,3)4/h5,8,12,17H,1,6-7H2,2-4H3,(H,21,26)(H,28,29)/b22-11-/t12?,17-/m1/s1. The van der Waals surface area contributed by atoms with Crippen molar-refractivity contribution in [1.29, 1.82) is 0 Å². The molecule has 0 aliphatic carbocycles. The number of thioether (sulfide) groups is 1. The van der Waals surface area contributed by atoms with Gasteiger partial charge in [0.15, 0.2) is 0 Å². The molecule has 2 amide bonds. The molecule has 3 heterocycles. The van der Waals surface area contributed by atoms with Gasteiger partial charge < -0.3 is 20.0 Å². The summed E-state index contributed by atoms with van der Waals surface area (Å²) in [5, 5.41) is 15.1. The summed E-state index contributed by atoms with van der Waals surface area (Å²) in [5.41, 5.74) is 0.586. The highest BCUT2D eigenvalue weighted by Crippen LogP contribution is 2.40. The van der Waals surface area contributed by atoms with Gasteiger partial charge in [-0.2, -0.15) is 4.37 Å². The first kappa shape index (κ1) is 24.4. The van der Waals surface area contributed by atoms with Gasteiger partial charge in [0.1, 0.15) is 28.2 Å². The average Bonchev–Trinajstić information content (AvgIpc) is 3.26. The SMILES string of the molecule is C=CC1=C(C(=O)O)N2C(=O)C(NC(=O)/C(=N\OCC(=O)OC(C)(C)C)c3ncsn3)[C@H]2SC1. The first-order valence-corrected chi connectivity index (χ1v) is 11.4. The van der Waals surface area contributed by atoms with Gasteiger partial charge in [-0.05, 0) is 37.9 Å². The van der Waals surface area contributed by atoms with Crippen LogP contribution in [0.3, 0.4) is 0 Å². The van der Waals surface area contributed by atoms with Crippen molar-refractivity contribution >= 4 is 52.8 Å². The molecule has 1 aromatic heterocycles. The maximum atomic E-state index is 12.9. The number of fused-ring (bicyclic) bond motifs is 1. The van der Waals surface area contributed by atoms with Gasteiger partial charge in [-0.3, -0.25) is 14.5 Å². The minimum absolute atomic E-state index is 0.0540. The van der Waals surface area contributed by atoms with Gasteiger partial charge in [-0.25, -0.2) is 14.6 Å². The van der Waals surface area contributed by atoms with Crippen LogP contribution in [0, 0.1) is 0 Å². The third-order valence-corrected chi connectivity index (χ3v) is 6.06. The van der Waals surface area contributed by atoms with Crippen LogP contribution in [0.15, 0.2) is 34.6 Å². The van der Waals surface area contributed by atoms with Crippen molar-refractivity contribution in [2.24, 2.45) is 5.16 Å². The molecule has 0 aromatic carbocycles. The average molecular weight is 496 g/mol. The van der Waals surface area contributed by atoms with Crippen LogP contribution in [-0.2, 0) is 28.8 Å². The summed E-state index contributed by atoms with van der Waals surface area (Å²) in [6.45, 7) is 8.11.